The Labute approximate surface area is 122 Å². The minimum absolute atomic E-state index is 0.560. The lowest BCUT2D eigenvalue weighted by molar-refractivity contribution is 0.583. The van der Waals surface area contributed by atoms with Gasteiger partial charge < -0.3 is 5.32 Å². The second-order valence-electron chi connectivity index (χ2n) is 4.22. The zero-order valence-electron chi connectivity index (χ0n) is 10.7. The second kappa shape index (κ2) is 6.89. The molecule has 1 heterocycles. The molecule has 0 saturated carbocycles. The Kier molecular flexibility index (Phi) is 5.19. The first kappa shape index (κ1) is 14.3. The number of rotatable bonds is 6. The lowest BCUT2D eigenvalue weighted by Gasteiger charge is -2.09. The van der Waals surface area contributed by atoms with Crippen LogP contribution in [-0.4, -0.2) is 21.3 Å². The van der Waals surface area contributed by atoms with E-state index in [2.05, 4.69) is 22.3 Å². The molecule has 1 aromatic carbocycles. The number of hydrogen-bond donors (Lipinski definition) is 1. The van der Waals surface area contributed by atoms with Crippen LogP contribution in [0.25, 0.3) is 0 Å². The van der Waals surface area contributed by atoms with Crippen molar-refractivity contribution in [2.24, 2.45) is 0 Å². The van der Waals surface area contributed by atoms with Crippen molar-refractivity contribution < 1.29 is 0 Å². The molecule has 0 amide bonds. The van der Waals surface area contributed by atoms with E-state index in [1.165, 1.54) is 0 Å². The first-order valence-electron chi connectivity index (χ1n) is 6.22. The fraction of sp³-hybridized carbons (Fsp3) is 0.385. The van der Waals surface area contributed by atoms with E-state index in [9.17, 15) is 0 Å². The molecule has 0 aliphatic rings. The standard InChI is InChI=1S/C13H16Cl2N4/c1-2-6-16-7-12-17-9-18-19(12)8-10-4-3-5-11(14)13(10)15/h3-5,9,16H,2,6-8H2,1H3. The first-order valence-corrected chi connectivity index (χ1v) is 6.98. The van der Waals surface area contributed by atoms with Gasteiger partial charge in [0.25, 0.3) is 0 Å². The van der Waals surface area contributed by atoms with E-state index in [1.54, 1.807) is 12.4 Å². The predicted octanol–water partition coefficient (Wildman–Crippen LogP) is 3.13. The maximum absolute atomic E-state index is 6.18. The predicted molar refractivity (Wildman–Crippen MR) is 77.6 cm³/mol. The first-order chi connectivity index (χ1) is 9.22. The molecule has 0 atom stereocenters. The number of benzene rings is 1. The summed E-state index contributed by atoms with van der Waals surface area (Å²) in [6.45, 7) is 4.36. The monoisotopic (exact) mass is 298 g/mol. The van der Waals surface area contributed by atoms with Gasteiger partial charge in [-0.2, -0.15) is 5.10 Å². The molecule has 0 aliphatic heterocycles. The van der Waals surface area contributed by atoms with Gasteiger partial charge in [-0.05, 0) is 24.6 Å². The highest BCUT2D eigenvalue weighted by molar-refractivity contribution is 6.42. The number of nitrogens with one attached hydrogen (secondary N) is 1. The summed E-state index contributed by atoms with van der Waals surface area (Å²) in [6.07, 6.45) is 2.65. The molecule has 1 aromatic heterocycles. The second-order valence-corrected chi connectivity index (χ2v) is 5.01. The molecular formula is C13H16Cl2N4. The van der Waals surface area contributed by atoms with Gasteiger partial charge in [0, 0.05) is 0 Å². The third-order valence-corrected chi connectivity index (χ3v) is 3.62. The molecule has 0 saturated heterocycles. The van der Waals surface area contributed by atoms with Crippen molar-refractivity contribution in [2.75, 3.05) is 6.54 Å². The molecule has 1 N–H and O–H groups in total. The van der Waals surface area contributed by atoms with Crippen LogP contribution in [0.3, 0.4) is 0 Å². The van der Waals surface area contributed by atoms with Gasteiger partial charge in [-0.25, -0.2) is 9.67 Å². The van der Waals surface area contributed by atoms with Crippen molar-refractivity contribution in [1.29, 1.82) is 0 Å². The van der Waals surface area contributed by atoms with E-state index in [1.807, 2.05) is 16.8 Å². The van der Waals surface area contributed by atoms with Crippen LogP contribution in [-0.2, 0) is 13.1 Å². The molecule has 0 unspecified atom stereocenters. The Balaban J connectivity index is 2.11. The molecule has 4 nitrogen and oxygen atoms in total. The maximum atomic E-state index is 6.18. The Morgan fingerprint density at radius 1 is 1.32 bits per heavy atom. The fourth-order valence-electron chi connectivity index (χ4n) is 1.77. The Hall–Kier alpha value is -1.10. The summed E-state index contributed by atoms with van der Waals surface area (Å²) in [4.78, 5) is 4.25. The lowest BCUT2D eigenvalue weighted by Crippen LogP contribution is -2.18. The van der Waals surface area contributed by atoms with Crippen molar-refractivity contribution in [1.82, 2.24) is 20.1 Å². The van der Waals surface area contributed by atoms with Crippen molar-refractivity contribution in [2.45, 2.75) is 26.4 Å². The van der Waals surface area contributed by atoms with Crippen LogP contribution in [0, 0.1) is 0 Å². The van der Waals surface area contributed by atoms with Gasteiger partial charge in [-0.1, -0.05) is 42.3 Å². The summed E-state index contributed by atoms with van der Waals surface area (Å²) >= 11 is 12.2. The Morgan fingerprint density at radius 3 is 2.95 bits per heavy atom. The largest absolute Gasteiger partial charge is 0.310 e. The minimum atomic E-state index is 0.560. The van der Waals surface area contributed by atoms with Crippen LogP contribution in [0.2, 0.25) is 10.0 Å². The molecule has 102 valence electrons. The van der Waals surface area contributed by atoms with E-state index in [0.717, 1.165) is 24.4 Å². The van der Waals surface area contributed by atoms with E-state index >= 15 is 0 Å². The fourth-order valence-corrected chi connectivity index (χ4v) is 2.15. The third kappa shape index (κ3) is 3.69. The summed E-state index contributed by atoms with van der Waals surface area (Å²) in [5.74, 6) is 0.893. The van der Waals surface area contributed by atoms with E-state index in [-0.39, 0.29) is 0 Å². The van der Waals surface area contributed by atoms with E-state index in [4.69, 9.17) is 23.2 Å². The average Bonchev–Trinajstić information content (AvgIpc) is 2.83. The highest BCUT2D eigenvalue weighted by Crippen LogP contribution is 2.26. The van der Waals surface area contributed by atoms with Gasteiger partial charge in [-0.3, -0.25) is 0 Å². The number of nitrogens with zero attached hydrogens (tertiary/aromatic N) is 3. The molecule has 2 rings (SSSR count). The van der Waals surface area contributed by atoms with Gasteiger partial charge in [0.1, 0.15) is 12.2 Å². The van der Waals surface area contributed by atoms with Crippen LogP contribution in [0.1, 0.15) is 24.7 Å². The van der Waals surface area contributed by atoms with Crippen molar-refractivity contribution in [3.8, 4) is 0 Å². The highest BCUT2D eigenvalue weighted by Gasteiger charge is 2.09. The molecule has 2 aromatic rings. The van der Waals surface area contributed by atoms with Crippen LogP contribution < -0.4 is 5.32 Å². The summed E-state index contributed by atoms with van der Waals surface area (Å²) in [5.41, 5.74) is 0.941. The maximum Gasteiger partial charge on any atom is 0.141 e. The lowest BCUT2D eigenvalue weighted by atomic mass is 10.2. The quantitative estimate of drug-likeness (QED) is 0.833. The highest BCUT2D eigenvalue weighted by atomic mass is 35.5. The SMILES string of the molecule is CCCNCc1ncnn1Cc1cccc(Cl)c1Cl. The zero-order valence-corrected chi connectivity index (χ0v) is 12.2. The molecular weight excluding hydrogens is 283 g/mol. The van der Waals surface area contributed by atoms with E-state index < -0.39 is 0 Å². The summed E-state index contributed by atoms with van der Waals surface area (Å²) < 4.78 is 1.83. The molecule has 0 fully saturated rings. The van der Waals surface area contributed by atoms with Crippen LogP contribution in [0.4, 0.5) is 0 Å². The van der Waals surface area contributed by atoms with Gasteiger partial charge in [0.05, 0.1) is 23.1 Å². The van der Waals surface area contributed by atoms with Crippen molar-refractivity contribution in [3.05, 3.63) is 46.0 Å². The topological polar surface area (TPSA) is 42.7 Å². The summed E-state index contributed by atoms with van der Waals surface area (Å²) in [7, 11) is 0. The van der Waals surface area contributed by atoms with Crippen LogP contribution in [0.5, 0.6) is 0 Å². The van der Waals surface area contributed by atoms with Gasteiger partial charge in [0.2, 0.25) is 0 Å². The van der Waals surface area contributed by atoms with Crippen molar-refractivity contribution in [3.63, 3.8) is 0 Å². The number of aromatic nitrogens is 3. The van der Waals surface area contributed by atoms with Gasteiger partial charge >= 0.3 is 0 Å². The number of hydrogen-bond acceptors (Lipinski definition) is 3. The van der Waals surface area contributed by atoms with E-state index in [0.29, 0.717) is 23.1 Å². The normalized spacial score (nSPS) is 10.9. The Bertz CT molecular complexity index is 539. The average molecular weight is 299 g/mol. The van der Waals surface area contributed by atoms with Gasteiger partial charge in [-0.15, -0.1) is 0 Å². The van der Waals surface area contributed by atoms with Gasteiger partial charge in [0.15, 0.2) is 0 Å². The molecule has 6 heteroatoms. The molecule has 0 radical (unpaired) electrons. The minimum Gasteiger partial charge on any atom is -0.310 e. The smallest absolute Gasteiger partial charge is 0.141 e. The molecule has 19 heavy (non-hydrogen) atoms. The summed E-state index contributed by atoms with van der Waals surface area (Å²) in [5, 5.41) is 8.67. The number of halogens is 2. The summed E-state index contributed by atoms with van der Waals surface area (Å²) in [6, 6.07) is 5.60. The van der Waals surface area contributed by atoms with Crippen LogP contribution in [0.15, 0.2) is 24.5 Å². The molecule has 0 spiro atoms. The molecule has 0 aliphatic carbocycles. The Morgan fingerprint density at radius 2 is 2.16 bits per heavy atom. The molecule has 0 bridgehead atoms. The zero-order chi connectivity index (χ0) is 13.7. The third-order valence-electron chi connectivity index (χ3n) is 2.76. The van der Waals surface area contributed by atoms with Crippen molar-refractivity contribution >= 4 is 23.2 Å². The van der Waals surface area contributed by atoms with Crippen LogP contribution >= 0.6 is 23.2 Å².